The summed E-state index contributed by atoms with van der Waals surface area (Å²) in [5, 5.41) is 8.06. The summed E-state index contributed by atoms with van der Waals surface area (Å²) in [5.41, 5.74) is 0.979. The lowest BCUT2D eigenvalue weighted by molar-refractivity contribution is 0.220. The molecular weight excluding hydrogens is 458 g/mol. The first-order valence-electron chi connectivity index (χ1n) is 8.23. The van der Waals surface area contributed by atoms with Crippen LogP contribution in [0, 0.1) is 5.92 Å². The molecule has 0 amide bonds. The summed E-state index contributed by atoms with van der Waals surface area (Å²) in [6.07, 6.45) is 2.48. The van der Waals surface area contributed by atoms with Crippen molar-refractivity contribution in [3.05, 3.63) is 33.8 Å². The maximum absolute atomic E-state index is 6.20. The van der Waals surface area contributed by atoms with Gasteiger partial charge in [-0.15, -0.1) is 24.0 Å². The lowest BCUT2D eigenvalue weighted by Gasteiger charge is -2.29. The van der Waals surface area contributed by atoms with Crippen LogP contribution in [0.3, 0.4) is 0 Å². The Morgan fingerprint density at radius 3 is 2.58 bits per heavy atom. The number of rotatable bonds is 5. The zero-order valence-corrected chi connectivity index (χ0v) is 18.2. The summed E-state index contributed by atoms with van der Waals surface area (Å²) in [7, 11) is 2.19. The van der Waals surface area contributed by atoms with Gasteiger partial charge in [0.1, 0.15) is 0 Å². The van der Waals surface area contributed by atoms with E-state index in [1.807, 2.05) is 12.1 Å². The molecule has 7 heteroatoms. The van der Waals surface area contributed by atoms with Crippen molar-refractivity contribution in [1.29, 1.82) is 0 Å². The average molecular weight is 485 g/mol. The van der Waals surface area contributed by atoms with Crippen LogP contribution in [-0.4, -0.2) is 44.1 Å². The van der Waals surface area contributed by atoms with E-state index < -0.39 is 0 Å². The Morgan fingerprint density at radius 2 is 1.96 bits per heavy atom. The number of aliphatic imine (C=N–C) groups is 1. The van der Waals surface area contributed by atoms with E-state index in [0.717, 1.165) is 24.6 Å². The predicted octanol–water partition coefficient (Wildman–Crippen LogP) is 4.01. The molecule has 0 bridgehead atoms. The smallest absolute Gasteiger partial charge is 0.191 e. The standard InChI is InChI=1S/C17H26Cl2N4.HI/c1-3-20-17(21-11-13-6-8-23(2)9-7-13)22-12-14-4-5-15(18)10-16(14)19;/h4-5,10,13H,3,6-9,11-12H2,1-2H3,(H2,20,21,22);1H. The van der Waals surface area contributed by atoms with Crippen LogP contribution in [0.2, 0.25) is 10.0 Å². The van der Waals surface area contributed by atoms with Crippen molar-refractivity contribution >= 4 is 53.1 Å². The van der Waals surface area contributed by atoms with Gasteiger partial charge < -0.3 is 15.5 Å². The van der Waals surface area contributed by atoms with Crippen LogP contribution in [0.5, 0.6) is 0 Å². The van der Waals surface area contributed by atoms with E-state index in [1.165, 1.54) is 25.9 Å². The molecule has 1 aliphatic heterocycles. The molecule has 1 aliphatic rings. The number of benzene rings is 1. The van der Waals surface area contributed by atoms with E-state index in [9.17, 15) is 0 Å². The first kappa shape index (κ1) is 21.8. The Bertz CT molecular complexity index is 531. The summed E-state index contributed by atoms with van der Waals surface area (Å²) in [5.74, 6) is 1.56. The summed E-state index contributed by atoms with van der Waals surface area (Å²) in [4.78, 5) is 7.02. The monoisotopic (exact) mass is 484 g/mol. The normalized spacial score (nSPS) is 16.6. The maximum Gasteiger partial charge on any atom is 0.191 e. The van der Waals surface area contributed by atoms with Crippen molar-refractivity contribution in [2.24, 2.45) is 10.9 Å². The highest BCUT2D eigenvalue weighted by molar-refractivity contribution is 14.0. The second kappa shape index (κ2) is 11.4. The van der Waals surface area contributed by atoms with E-state index in [0.29, 0.717) is 22.5 Å². The van der Waals surface area contributed by atoms with Crippen LogP contribution in [-0.2, 0) is 6.54 Å². The van der Waals surface area contributed by atoms with Gasteiger partial charge in [-0.25, -0.2) is 4.99 Å². The van der Waals surface area contributed by atoms with Gasteiger partial charge in [0.15, 0.2) is 5.96 Å². The minimum absolute atomic E-state index is 0. The Balaban J connectivity index is 0.00000288. The fourth-order valence-corrected chi connectivity index (χ4v) is 3.13. The molecule has 0 atom stereocenters. The quantitative estimate of drug-likeness (QED) is 0.377. The first-order chi connectivity index (χ1) is 11.1. The fourth-order valence-electron chi connectivity index (χ4n) is 2.66. The summed E-state index contributed by atoms with van der Waals surface area (Å²) >= 11 is 12.1. The van der Waals surface area contributed by atoms with Gasteiger partial charge in [0.05, 0.1) is 6.54 Å². The van der Waals surface area contributed by atoms with E-state index in [4.69, 9.17) is 23.2 Å². The van der Waals surface area contributed by atoms with Crippen molar-refractivity contribution in [3.8, 4) is 0 Å². The van der Waals surface area contributed by atoms with Crippen molar-refractivity contribution in [3.63, 3.8) is 0 Å². The Kier molecular flexibility index (Phi) is 10.3. The van der Waals surface area contributed by atoms with Gasteiger partial charge in [-0.1, -0.05) is 29.3 Å². The molecule has 0 spiro atoms. The molecule has 1 aromatic rings. The SMILES string of the molecule is CCNC(=NCc1ccc(Cl)cc1Cl)NCC1CCN(C)CC1.I. The Hall–Kier alpha value is -0.240. The number of nitrogens with one attached hydrogen (secondary N) is 2. The zero-order valence-electron chi connectivity index (χ0n) is 14.3. The summed E-state index contributed by atoms with van der Waals surface area (Å²) in [6.45, 7) is 6.78. The minimum Gasteiger partial charge on any atom is -0.357 e. The second-order valence-corrected chi connectivity index (χ2v) is 6.90. The van der Waals surface area contributed by atoms with Crippen molar-refractivity contribution in [2.45, 2.75) is 26.3 Å². The van der Waals surface area contributed by atoms with Crippen molar-refractivity contribution in [2.75, 3.05) is 33.2 Å². The third-order valence-electron chi connectivity index (χ3n) is 4.16. The maximum atomic E-state index is 6.20. The number of guanidine groups is 1. The van der Waals surface area contributed by atoms with E-state index >= 15 is 0 Å². The second-order valence-electron chi connectivity index (χ2n) is 6.06. The molecule has 1 saturated heterocycles. The van der Waals surface area contributed by atoms with Gasteiger partial charge in [0.25, 0.3) is 0 Å². The summed E-state index contributed by atoms with van der Waals surface area (Å²) in [6, 6.07) is 5.53. The molecular formula is C17H27Cl2IN4. The van der Waals surface area contributed by atoms with E-state index in [-0.39, 0.29) is 24.0 Å². The number of hydrogen-bond acceptors (Lipinski definition) is 2. The Morgan fingerprint density at radius 1 is 1.25 bits per heavy atom. The lowest BCUT2D eigenvalue weighted by Crippen LogP contribution is -2.42. The highest BCUT2D eigenvalue weighted by Crippen LogP contribution is 2.21. The molecule has 0 saturated carbocycles. The molecule has 0 radical (unpaired) electrons. The highest BCUT2D eigenvalue weighted by Gasteiger charge is 2.16. The molecule has 2 rings (SSSR count). The number of likely N-dealkylation sites (tertiary alicyclic amines) is 1. The summed E-state index contributed by atoms with van der Waals surface area (Å²) < 4.78 is 0. The molecule has 0 unspecified atom stereocenters. The molecule has 1 aromatic carbocycles. The fraction of sp³-hybridized carbons (Fsp3) is 0.588. The average Bonchev–Trinajstić information content (AvgIpc) is 2.53. The molecule has 24 heavy (non-hydrogen) atoms. The minimum atomic E-state index is 0. The largest absolute Gasteiger partial charge is 0.357 e. The van der Waals surface area contributed by atoms with Crippen molar-refractivity contribution in [1.82, 2.24) is 15.5 Å². The van der Waals surface area contributed by atoms with Gasteiger partial charge in [0.2, 0.25) is 0 Å². The third kappa shape index (κ3) is 7.33. The van der Waals surface area contributed by atoms with E-state index in [2.05, 4.69) is 34.5 Å². The van der Waals surface area contributed by atoms with Crippen molar-refractivity contribution < 1.29 is 0 Å². The predicted molar refractivity (Wildman–Crippen MR) is 115 cm³/mol. The molecule has 136 valence electrons. The molecule has 0 aliphatic carbocycles. The molecule has 2 N–H and O–H groups in total. The van der Waals surface area contributed by atoms with Gasteiger partial charge in [-0.2, -0.15) is 0 Å². The number of hydrogen-bond donors (Lipinski definition) is 2. The Labute approximate surface area is 172 Å². The van der Waals surface area contributed by atoms with Crippen LogP contribution in [0.15, 0.2) is 23.2 Å². The lowest BCUT2D eigenvalue weighted by atomic mass is 9.97. The van der Waals surface area contributed by atoms with Crippen LogP contribution in [0.1, 0.15) is 25.3 Å². The number of nitrogens with zero attached hydrogens (tertiary/aromatic N) is 2. The molecule has 1 fully saturated rings. The topological polar surface area (TPSA) is 39.7 Å². The van der Waals surface area contributed by atoms with Gasteiger partial charge in [-0.05, 0) is 63.5 Å². The number of piperidine rings is 1. The van der Waals surface area contributed by atoms with Gasteiger partial charge >= 0.3 is 0 Å². The van der Waals surface area contributed by atoms with Crippen LogP contribution in [0.25, 0.3) is 0 Å². The highest BCUT2D eigenvalue weighted by atomic mass is 127. The van der Waals surface area contributed by atoms with Crippen LogP contribution >= 0.6 is 47.2 Å². The zero-order chi connectivity index (χ0) is 16.7. The third-order valence-corrected chi connectivity index (χ3v) is 4.75. The van der Waals surface area contributed by atoms with Crippen LogP contribution in [0.4, 0.5) is 0 Å². The van der Waals surface area contributed by atoms with E-state index in [1.54, 1.807) is 6.07 Å². The molecule has 4 nitrogen and oxygen atoms in total. The molecule has 1 heterocycles. The number of halogens is 3. The van der Waals surface area contributed by atoms with Gasteiger partial charge in [-0.3, -0.25) is 0 Å². The van der Waals surface area contributed by atoms with Gasteiger partial charge in [0, 0.05) is 23.1 Å². The van der Waals surface area contributed by atoms with Crippen LogP contribution < -0.4 is 10.6 Å². The first-order valence-corrected chi connectivity index (χ1v) is 8.98. The molecule has 0 aromatic heterocycles.